The molecule has 1 aromatic heterocycles. The van der Waals surface area contributed by atoms with Gasteiger partial charge in [-0.15, -0.1) is 11.3 Å². The summed E-state index contributed by atoms with van der Waals surface area (Å²) in [6, 6.07) is 5.66. The summed E-state index contributed by atoms with van der Waals surface area (Å²) in [5, 5.41) is 2.99. The molecule has 1 aromatic carbocycles. The van der Waals surface area contributed by atoms with Crippen molar-refractivity contribution in [3.05, 3.63) is 41.2 Å². The summed E-state index contributed by atoms with van der Waals surface area (Å²) in [6.07, 6.45) is 2.47. The molecule has 0 fully saturated rings. The molecule has 0 spiro atoms. The van der Waals surface area contributed by atoms with Crippen molar-refractivity contribution in [2.24, 2.45) is 0 Å². The average molecular weight is 342 g/mol. The van der Waals surface area contributed by atoms with Gasteiger partial charge in [-0.2, -0.15) is 0 Å². The number of carbonyl (C=O) groups excluding carboxylic acids is 1. The molecule has 8 heteroatoms. The van der Waals surface area contributed by atoms with E-state index in [2.05, 4.69) is 10.3 Å². The highest BCUT2D eigenvalue weighted by Gasteiger charge is 2.17. The van der Waals surface area contributed by atoms with Gasteiger partial charge in [0.2, 0.25) is 0 Å². The van der Waals surface area contributed by atoms with Crippen molar-refractivity contribution < 1.29 is 17.6 Å². The van der Waals surface area contributed by atoms with E-state index in [1.807, 2.05) is 0 Å². The Morgan fingerprint density at radius 3 is 2.73 bits per heavy atom. The van der Waals surface area contributed by atoms with Gasteiger partial charge in [0.25, 0.3) is 5.91 Å². The molecule has 1 N–H and O–H groups in total. The Kier molecular flexibility index (Phi) is 4.92. The molecular weight excluding hydrogens is 327 g/mol. The van der Waals surface area contributed by atoms with Crippen LogP contribution in [0.5, 0.6) is 0 Å². The monoisotopic (exact) mass is 342 g/mol. The van der Waals surface area contributed by atoms with Gasteiger partial charge in [-0.1, -0.05) is 12.1 Å². The first-order valence-electron chi connectivity index (χ1n) is 6.45. The second kappa shape index (κ2) is 6.53. The van der Waals surface area contributed by atoms with Crippen LogP contribution in [0.15, 0.2) is 30.5 Å². The number of halogens is 1. The molecule has 1 heterocycles. The molecule has 0 radical (unpaired) electrons. The molecule has 0 saturated carbocycles. The molecule has 5 nitrogen and oxygen atoms in total. The van der Waals surface area contributed by atoms with Gasteiger partial charge in [0.15, 0.2) is 0 Å². The predicted octanol–water partition coefficient (Wildman–Crippen LogP) is 2.11. The predicted molar refractivity (Wildman–Crippen MR) is 84.1 cm³/mol. The summed E-state index contributed by atoms with van der Waals surface area (Å²) >= 11 is 1.06. The van der Waals surface area contributed by atoms with Crippen LogP contribution in [0.1, 0.15) is 16.6 Å². The second-order valence-corrected chi connectivity index (χ2v) is 8.19. The number of thiazole rings is 1. The van der Waals surface area contributed by atoms with Gasteiger partial charge < -0.3 is 5.32 Å². The lowest BCUT2D eigenvalue weighted by Gasteiger charge is -2.11. The van der Waals surface area contributed by atoms with Crippen molar-refractivity contribution in [1.82, 2.24) is 10.3 Å². The quantitative estimate of drug-likeness (QED) is 0.903. The van der Waals surface area contributed by atoms with Gasteiger partial charge in [0.1, 0.15) is 25.5 Å². The summed E-state index contributed by atoms with van der Waals surface area (Å²) in [5.74, 6) is -0.969. The number of amides is 1. The minimum Gasteiger partial charge on any atom is -0.348 e. The van der Waals surface area contributed by atoms with Crippen LogP contribution >= 0.6 is 11.3 Å². The van der Waals surface area contributed by atoms with Crippen LogP contribution in [-0.2, 0) is 9.84 Å². The largest absolute Gasteiger partial charge is 0.348 e. The topological polar surface area (TPSA) is 76.1 Å². The Hall–Kier alpha value is -1.80. The van der Waals surface area contributed by atoms with E-state index in [4.69, 9.17) is 0 Å². The summed E-state index contributed by atoms with van der Waals surface area (Å²) < 4.78 is 36.0. The van der Waals surface area contributed by atoms with Crippen molar-refractivity contribution in [3.63, 3.8) is 0 Å². The summed E-state index contributed by atoms with van der Waals surface area (Å²) in [4.78, 5) is 16.4. The number of hydrogen-bond donors (Lipinski definition) is 1. The van der Waals surface area contributed by atoms with E-state index in [9.17, 15) is 17.6 Å². The number of aromatic nitrogens is 1. The van der Waals surface area contributed by atoms with E-state index >= 15 is 0 Å². The van der Waals surface area contributed by atoms with Crippen LogP contribution in [0, 0.1) is 5.82 Å². The molecule has 0 aliphatic carbocycles. The number of hydrogen-bond acceptors (Lipinski definition) is 5. The highest BCUT2D eigenvalue weighted by molar-refractivity contribution is 7.90. The Bertz CT molecular complexity index is 787. The van der Waals surface area contributed by atoms with Gasteiger partial charge in [-0.25, -0.2) is 17.8 Å². The third kappa shape index (κ3) is 4.35. The molecule has 0 saturated heterocycles. The molecule has 2 rings (SSSR count). The first kappa shape index (κ1) is 16.6. The fourth-order valence-corrected chi connectivity index (χ4v) is 3.77. The lowest BCUT2D eigenvalue weighted by Crippen LogP contribution is -2.36. The van der Waals surface area contributed by atoms with Crippen LogP contribution < -0.4 is 5.32 Å². The number of nitrogens with one attached hydrogen (secondary N) is 1. The van der Waals surface area contributed by atoms with Crippen molar-refractivity contribution in [1.29, 1.82) is 0 Å². The van der Waals surface area contributed by atoms with E-state index in [0.29, 0.717) is 15.4 Å². The first-order valence-corrected chi connectivity index (χ1v) is 9.33. The van der Waals surface area contributed by atoms with Gasteiger partial charge in [0.05, 0.1) is 11.9 Å². The van der Waals surface area contributed by atoms with Gasteiger partial charge in [-0.3, -0.25) is 4.79 Å². The Morgan fingerprint density at radius 1 is 1.41 bits per heavy atom. The van der Waals surface area contributed by atoms with Gasteiger partial charge in [0, 0.05) is 17.9 Å². The maximum Gasteiger partial charge on any atom is 0.263 e. The Balaban J connectivity index is 2.11. The van der Waals surface area contributed by atoms with Gasteiger partial charge in [-0.05, 0) is 19.1 Å². The fourth-order valence-electron chi connectivity index (χ4n) is 1.93. The lowest BCUT2D eigenvalue weighted by atomic mass is 10.2. The average Bonchev–Trinajstić information content (AvgIpc) is 2.86. The normalized spacial score (nSPS) is 12.9. The van der Waals surface area contributed by atoms with E-state index in [1.165, 1.54) is 12.3 Å². The molecule has 0 bridgehead atoms. The highest BCUT2D eigenvalue weighted by Crippen LogP contribution is 2.27. The zero-order chi connectivity index (χ0) is 16.3. The zero-order valence-corrected chi connectivity index (χ0v) is 13.7. The Labute approximate surface area is 132 Å². The molecule has 0 unspecified atom stereocenters. The molecule has 22 heavy (non-hydrogen) atoms. The summed E-state index contributed by atoms with van der Waals surface area (Å²) in [5.41, 5.74) is 0.329. The fraction of sp³-hybridized carbons (Fsp3) is 0.286. The maximum absolute atomic E-state index is 13.7. The van der Waals surface area contributed by atoms with E-state index in [1.54, 1.807) is 25.1 Å². The van der Waals surface area contributed by atoms with Gasteiger partial charge >= 0.3 is 0 Å². The highest BCUT2D eigenvalue weighted by atomic mass is 32.2. The van der Waals surface area contributed by atoms with Crippen molar-refractivity contribution in [2.45, 2.75) is 13.0 Å². The molecule has 1 amide bonds. The minimum absolute atomic E-state index is 0.141. The van der Waals surface area contributed by atoms with Crippen LogP contribution in [0.25, 0.3) is 10.6 Å². The third-order valence-electron chi connectivity index (χ3n) is 2.76. The van der Waals surface area contributed by atoms with Crippen LogP contribution in [-0.4, -0.2) is 37.4 Å². The first-order chi connectivity index (χ1) is 10.3. The van der Waals surface area contributed by atoms with Crippen molar-refractivity contribution in [2.75, 3.05) is 12.0 Å². The van der Waals surface area contributed by atoms with Crippen LogP contribution in [0.4, 0.5) is 4.39 Å². The number of rotatable bonds is 5. The molecule has 0 aliphatic rings. The SMILES string of the molecule is C[C@H](CS(C)(=O)=O)NC(=O)c1cnc(-c2ccccc2F)s1. The summed E-state index contributed by atoms with van der Waals surface area (Å²) in [6.45, 7) is 1.61. The lowest BCUT2D eigenvalue weighted by molar-refractivity contribution is 0.0947. The summed E-state index contributed by atoms with van der Waals surface area (Å²) in [7, 11) is -3.17. The van der Waals surface area contributed by atoms with Crippen LogP contribution in [0.2, 0.25) is 0 Å². The Morgan fingerprint density at radius 2 is 2.09 bits per heavy atom. The van der Waals surface area contributed by atoms with E-state index in [0.717, 1.165) is 17.6 Å². The molecule has 118 valence electrons. The zero-order valence-electron chi connectivity index (χ0n) is 12.0. The maximum atomic E-state index is 13.7. The third-order valence-corrected chi connectivity index (χ3v) is 4.90. The number of nitrogens with zero attached hydrogens (tertiary/aromatic N) is 1. The van der Waals surface area contributed by atoms with Crippen LogP contribution in [0.3, 0.4) is 0 Å². The molecule has 1 atom stereocenters. The molecule has 2 aromatic rings. The molecule has 0 aliphatic heterocycles. The number of benzene rings is 1. The number of carbonyl (C=O) groups is 1. The van der Waals surface area contributed by atoms with Crippen molar-refractivity contribution in [3.8, 4) is 10.6 Å². The molecular formula is C14H15FN2O3S2. The smallest absolute Gasteiger partial charge is 0.263 e. The number of sulfone groups is 1. The van der Waals surface area contributed by atoms with E-state index < -0.39 is 27.6 Å². The van der Waals surface area contributed by atoms with E-state index in [-0.39, 0.29) is 5.75 Å². The van der Waals surface area contributed by atoms with Crippen molar-refractivity contribution >= 4 is 27.1 Å². The standard InChI is InChI=1S/C14H15FN2O3S2/c1-9(8-22(2,19)20)17-13(18)12-7-16-14(21-12)10-5-3-4-6-11(10)15/h3-7,9H,8H2,1-2H3,(H,17,18)/t9-/m1/s1. The minimum atomic E-state index is -3.17. The second-order valence-electron chi connectivity index (χ2n) is 4.98.